The van der Waals surface area contributed by atoms with Gasteiger partial charge in [0.1, 0.15) is 0 Å². The molecule has 0 saturated heterocycles. The second-order valence-corrected chi connectivity index (χ2v) is 3.56. The van der Waals surface area contributed by atoms with Crippen molar-refractivity contribution in [2.24, 2.45) is 5.73 Å². The lowest BCUT2D eigenvalue weighted by atomic mass is 10.2. The molecule has 0 heterocycles. The molecule has 1 rings (SSSR count). The lowest BCUT2D eigenvalue weighted by Gasteiger charge is -1.98. The molecule has 15 heavy (non-hydrogen) atoms. The Bertz CT molecular complexity index is 418. The zero-order valence-electron chi connectivity index (χ0n) is 7.74. The van der Waals surface area contributed by atoms with Crippen LogP contribution in [0.4, 0.5) is 0 Å². The molecule has 0 aromatic heterocycles. The van der Waals surface area contributed by atoms with Gasteiger partial charge in [0.2, 0.25) is 5.91 Å². The smallest absolute Gasteiger partial charge is 0.250 e. The van der Waals surface area contributed by atoms with Gasteiger partial charge in [-0.15, -0.1) is 0 Å². The van der Waals surface area contributed by atoms with Gasteiger partial charge in [-0.2, -0.15) is 0 Å². The first kappa shape index (κ1) is 11.7. The molecular formula is C10H9ClN2OS. The largest absolute Gasteiger partial charge is 0.376 e. The number of thiocarbonyl (C=S) groups is 1. The molecule has 0 fully saturated rings. The van der Waals surface area contributed by atoms with E-state index < -0.39 is 0 Å². The zero-order valence-corrected chi connectivity index (χ0v) is 9.31. The van der Waals surface area contributed by atoms with Gasteiger partial charge in [0.15, 0.2) is 5.11 Å². The van der Waals surface area contributed by atoms with E-state index >= 15 is 0 Å². The van der Waals surface area contributed by atoms with Crippen LogP contribution in [0.15, 0.2) is 30.3 Å². The topological polar surface area (TPSA) is 55.1 Å². The fraction of sp³-hybridized carbons (Fsp3) is 0. The maximum absolute atomic E-state index is 11.1. The number of amides is 1. The third-order valence-electron chi connectivity index (χ3n) is 1.57. The van der Waals surface area contributed by atoms with Crippen molar-refractivity contribution in [2.45, 2.75) is 0 Å². The maximum atomic E-state index is 11.1. The lowest BCUT2D eigenvalue weighted by molar-refractivity contribution is -0.115. The van der Waals surface area contributed by atoms with Crippen molar-refractivity contribution in [3.8, 4) is 0 Å². The maximum Gasteiger partial charge on any atom is 0.250 e. The van der Waals surface area contributed by atoms with E-state index in [1.807, 2.05) is 12.1 Å². The Hall–Kier alpha value is -1.39. The van der Waals surface area contributed by atoms with Crippen molar-refractivity contribution in [3.63, 3.8) is 0 Å². The summed E-state index contributed by atoms with van der Waals surface area (Å²) in [4.78, 5) is 11.1. The molecule has 1 aromatic carbocycles. The third kappa shape index (κ3) is 4.10. The Morgan fingerprint density at radius 3 is 2.73 bits per heavy atom. The highest BCUT2D eigenvalue weighted by Crippen LogP contribution is 2.15. The van der Waals surface area contributed by atoms with E-state index in [1.165, 1.54) is 6.08 Å². The van der Waals surface area contributed by atoms with Crippen molar-refractivity contribution < 1.29 is 4.79 Å². The third-order valence-corrected chi connectivity index (χ3v) is 2.01. The first-order chi connectivity index (χ1) is 7.09. The van der Waals surface area contributed by atoms with Crippen LogP contribution < -0.4 is 11.1 Å². The number of carbonyl (C=O) groups is 1. The molecule has 0 unspecified atom stereocenters. The van der Waals surface area contributed by atoms with Gasteiger partial charge in [-0.05, 0) is 29.9 Å². The highest BCUT2D eigenvalue weighted by atomic mass is 35.5. The molecule has 0 saturated carbocycles. The Labute approximate surface area is 97.9 Å². The van der Waals surface area contributed by atoms with Gasteiger partial charge in [-0.25, -0.2) is 0 Å². The van der Waals surface area contributed by atoms with E-state index in [9.17, 15) is 4.79 Å². The van der Waals surface area contributed by atoms with Crippen LogP contribution in [0.25, 0.3) is 6.08 Å². The highest BCUT2D eigenvalue weighted by Gasteiger charge is 1.97. The fourth-order valence-electron chi connectivity index (χ4n) is 0.939. The second kappa shape index (κ2) is 5.48. The van der Waals surface area contributed by atoms with E-state index in [0.717, 1.165) is 5.56 Å². The van der Waals surface area contributed by atoms with Crippen molar-refractivity contribution in [1.29, 1.82) is 0 Å². The lowest BCUT2D eigenvalue weighted by Crippen LogP contribution is -2.33. The average Bonchev–Trinajstić information content (AvgIpc) is 2.15. The van der Waals surface area contributed by atoms with Gasteiger partial charge < -0.3 is 5.73 Å². The van der Waals surface area contributed by atoms with Gasteiger partial charge >= 0.3 is 0 Å². The van der Waals surface area contributed by atoms with Crippen LogP contribution >= 0.6 is 23.8 Å². The fourth-order valence-corrected chi connectivity index (χ4v) is 1.24. The van der Waals surface area contributed by atoms with Gasteiger partial charge in [-0.1, -0.05) is 29.8 Å². The summed E-state index contributed by atoms with van der Waals surface area (Å²) in [5, 5.41) is 2.80. The molecule has 1 amide bonds. The van der Waals surface area contributed by atoms with Gasteiger partial charge in [0.25, 0.3) is 0 Å². The Morgan fingerprint density at radius 2 is 2.13 bits per heavy atom. The van der Waals surface area contributed by atoms with Crippen LogP contribution in [-0.4, -0.2) is 11.0 Å². The number of carbonyl (C=O) groups excluding carboxylic acids is 1. The van der Waals surface area contributed by atoms with E-state index in [1.54, 1.807) is 18.2 Å². The first-order valence-electron chi connectivity index (χ1n) is 4.12. The summed E-state index contributed by atoms with van der Waals surface area (Å²) in [6.45, 7) is 0. The van der Waals surface area contributed by atoms with Gasteiger partial charge in [-0.3, -0.25) is 10.1 Å². The molecule has 0 atom stereocenters. The minimum atomic E-state index is -0.373. The zero-order chi connectivity index (χ0) is 11.3. The molecule has 0 aliphatic rings. The number of benzene rings is 1. The Morgan fingerprint density at radius 1 is 1.47 bits per heavy atom. The van der Waals surface area contributed by atoms with Crippen molar-refractivity contribution in [3.05, 3.63) is 40.9 Å². The van der Waals surface area contributed by atoms with Crippen LogP contribution in [0.1, 0.15) is 5.56 Å². The summed E-state index contributed by atoms with van der Waals surface area (Å²) >= 11 is 10.4. The standard InChI is InChI=1S/C10H9ClN2OS/c11-8-4-2-1-3-7(8)5-6-9(14)13-10(12)15/h1-6H,(H3,12,13,14,15). The predicted molar refractivity (Wildman–Crippen MR) is 65.4 cm³/mol. The van der Waals surface area contributed by atoms with Gasteiger partial charge in [0, 0.05) is 11.1 Å². The molecule has 1 aromatic rings. The van der Waals surface area contributed by atoms with Gasteiger partial charge in [0.05, 0.1) is 0 Å². The van der Waals surface area contributed by atoms with E-state index in [2.05, 4.69) is 17.5 Å². The van der Waals surface area contributed by atoms with E-state index in [-0.39, 0.29) is 11.0 Å². The monoisotopic (exact) mass is 240 g/mol. The number of nitrogens with one attached hydrogen (secondary N) is 1. The predicted octanol–water partition coefficient (Wildman–Crippen LogP) is 1.71. The van der Waals surface area contributed by atoms with Crippen LogP contribution in [0.3, 0.4) is 0 Å². The molecule has 0 spiro atoms. The average molecular weight is 241 g/mol. The number of rotatable bonds is 2. The molecule has 0 radical (unpaired) electrons. The SMILES string of the molecule is NC(=S)NC(=O)C=Cc1ccccc1Cl. The summed E-state index contributed by atoms with van der Waals surface area (Å²) in [5.74, 6) is -0.373. The number of hydrogen-bond acceptors (Lipinski definition) is 2. The first-order valence-corrected chi connectivity index (χ1v) is 4.91. The van der Waals surface area contributed by atoms with Crippen molar-refractivity contribution in [2.75, 3.05) is 0 Å². The summed E-state index contributed by atoms with van der Waals surface area (Å²) in [5.41, 5.74) is 5.89. The summed E-state index contributed by atoms with van der Waals surface area (Å²) < 4.78 is 0. The normalized spacial score (nSPS) is 10.2. The van der Waals surface area contributed by atoms with E-state index in [4.69, 9.17) is 17.3 Å². The minimum absolute atomic E-state index is 0.0520. The van der Waals surface area contributed by atoms with Crippen LogP contribution in [-0.2, 0) is 4.79 Å². The van der Waals surface area contributed by atoms with Crippen LogP contribution in [0, 0.1) is 0 Å². The number of halogens is 1. The van der Waals surface area contributed by atoms with Crippen molar-refractivity contribution >= 4 is 40.9 Å². The molecule has 3 N–H and O–H groups in total. The van der Waals surface area contributed by atoms with Crippen LogP contribution in [0.2, 0.25) is 5.02 Å². The minimum Gasteiger partial charge on any atom is -0.376 e. The molecule has 78 valence electrons. The molecule has 0 bridgehead atoms. The van der Waals surface area contributed by atoms with Crippen molar-refractivity contribution in [1.82, 2.24) is 5.32 Å². The van der Waals surface area contributed by atoms with E-state index in [0.29, 0.717) is 5.02 Å². The molecule has 0 aliphatic carbocycles. The Kier molecular flexibility index (Phi) is 4.27. The molecule has 0 aliphatic heterocycles. The number of hydrogen-bond donors (Lipinski definition) is 2. The number of nitrogens with two attached hydrogens (primary N) is 1. The quantitative estimate of drug-likeness (QED) is 0.611. The molecule has 3 nitrogen and oxygen atoms in total. The summed E-state index contributed by atoms with van der Waals surface area (Å²) in [6.07, 6.45) is 2.91. The molecule has 5 heteroatoms. The molecular weight excluding hydrogens is 232 g/mol. The Balaban J connectivity index is 2.70. The highest BCUT2D eigenvalue weighted by molar-refractivity contribution is 7.80. The summed E-state index contributed by atoms with van der Waals surface area (Å²) in [6, 6.07) is 7.19. The van der Waals surface area contributed by atoms with Crippen LogP contribution in [0.5, 0.6) is 0 Å². The summed E-state index contributed by atoms with van der Waals surface area (Å²) in [7, 11) is 0. The second-order valence-electron chi connectivity index (χ2n) is 2.71.